The lowest BCUT2D eigenvalue weighted by Gasteiger charge is -2.26. The van der Waals surface area contributed by atoms with Gasteiger partial charge in [0, 0.05) is 6.08 Å². The molecule has 0 aromatic heterocycles. The standard InChI is InChI=1S/C14H18FNO2/c1-3-14(2,10-17)16-13(18)8-7-11-5-4-6-12(15)9-11/h4-9,17H,3,10H2,1-2H3,(H,16,18)/b8-7+. The number of amides is 1. The van der Waals surface area contributed by atoms with E-state index < -0.39 is 5.54 Å². The molecule has 0 spiro atoms. The summed E-state index contributed by atoms with van der Waals surface area (Å²) >= 11 is 0. The van der Waals surface area contributed by atoms with E-state index >= 15 is 0 Å². The summed E-state index contributed by atoms with van der Waals surface area (Å²) in [5.41, 5.74) is -0.00375. The number of carbonyl (C=O) groups excluding carboxylic acids is 1. The van der Waals surface area contributed by atoms with E-state index in [9.17, 15) is 9.18 Å². The van der Waals surface area contributed by atoms with Crippen LogP contribution in [0.5, 0.6) is 0 Å². The van der Waals surface area contributed by atoms with Gasteiger partial charge in [0.05, 0.1) is 12.1 Å². The van der Waals surface area contributed by atoms with Crippen molar-refractivity contribution in [2.45, 2.75) is 25.8 Å². The van der Waals surface area contributed by atoms with Crippen molar-refractivity contribution in [3.63, 3.8) is 0 Å². The van der Waals surface area contributed by atoms with Crippen LogP contribution in [0.1, 0.15) is 25.8 Å². The summed E-state index contributed by atoms with van der Waals surface area (Å²) in [5.74, 6) is -0.649. The first-order valence-corrected chi connectivity index (χ1v) is 5.86. The van der Waals surface area contributed by atoms with E-state index in [0.29, 0.717) is 12.0 Å². The first-order valence-electron chi connectivity index (χ1n) is 5.86. The van der Waals surface area contributed by atoms with Crippen LogP contribution >= 0.6 is 0 Å². The lowest BCUT2D eigenvalue weighted by Crippen LogP contribution is -2.47. The van der Waals surface area contributed by atoms with Crippen molar-refractivity contribution in [1.29, 1.82) is 0 Å². The number of rotatable bonds is 5. The predicted molar refractivity (Wildman–Crippen MR) is 69.4 cm³/mol. The van der Waals surface area contributed by atoms with Gasteiger partial charge < -0.3 is 10.4 Å². The molecule has 2 N–H and O–H groups in total. The highest BCUT2D eigenvalue weighted by Crippen LogP contribution is 2.08. The zero-order chi connectivity index (χ0) is 13.6. The molecule has 0 bridgehead atoms. The number of benzene rings is 1. The molecule has 1 amide bonds. The molecular formula is C14H18FNO2. The average molecular weight is 251 g/mol. The Balaban J connectivity index is 2.65. The highest BCUT2D eigenvalue weighted by atomic mass is 19.1. The Bertz CT molecular complexity index is 439. The second-order valence-corrected chi connectivity index (χ2v) is 4.45. The number of carbonyl (C=O) groups is 1. The second kappa shape index (κ2) is 6.31. The van der Waals surface area contributed by atoms with Crippen molar-refractivity contribution < 1.29 is 14.3 Å². The fraction of sp³-hybridized carbons (Fsp3) is 0.357. The molecule has 0 aliphatic carbocycles. The fourth-order valence-electron chi connectivity index (χ4n) is 1.36. The summed E-state index contributed by atoms with van der Waals surface area (Å²) in [6, 6.07) is 5.97. The maximum atomic E-state index is 12.9. The third kappa shape index (κ3) is 4.30. The SMILES string of the molecule is CCC(C)(CO)NC(=O)/C=C/c1cccc(F)c1. The molecule has 0 saturated heterocycles. The van der Waals surface area contributed by atoms with E-state index in [4.69, 9.17) is 5.11 Å². The lowest BCUT2D eigenvalue weighted by molar-refractivity contribution is -0.118. The number of hydrogen-bond donors (Lipinski definition) is 2. The van der Waals surface area contributed by atoms with Gasteiger partial charge in [-0.3, -0.25) is 4.79 Å². The number of hydrogen-bond acceptors (Lipinski definition) is 2. The molecule has 1 unspecified atom stereocenters. The van der Waals surface area contributed by atoms with Crippen molar-refractivity contribution in [2.24, 2.45) is 0 Å². The number of aliphatic hydroxyl groups is 1. The Labute approximate surface area is 106 Å². The molecule has 0 aliphatic heterocycles. The van der Waals surface area contributed by atoms with Gasteiger partial charge in [-0.25, -0.2) is 4.39 Å². The minimum Gasteiger partial charge on any atom is -0.394 e. The van der Waals surface area contributed by atoms with Crippen molar-refractivity contribution in [2.75, 3.05) is 6.61 Å². The van der Waals surface area contributed by atoms with Gasteiger partial charge in [0.15, 0.2) is 0 Å². The smallest absolute Gasteiger partial charge is 0.244 e. The summed E-state index contributed by atoms with van der Waals surface area (Å²) in [4.78, 5) is 11.6. The second-order valence-electron chi connectivity index (χ2n) is 4.45. The topological polar surface area (TPSA) is 49.3 Å². The Morgan fingerprint density at radius 2 is 2.28 bits per heavy atom. The third-order valence-electron chi connectivity index (χ3n) is 2.83. The molecule has 0 heterocycles. The monoisotopic (exact) mass is 251 g/mol. The number of halogens is 1. The molecule has 0 aliphatic rings. The molecule has 1 aromatic rings. The zero-order valence-corrected chi connectivity index (χ0v) is 10.6. The lowest BCUT2D eigenvalue weighted by atomic mass is 10.0. The van der Waals surface area contributed by atoms with Gasteiger partial charge in [-0.1, -0.05) is 19.1 Å². The van der Waals surface area contributed by atoms with Crippen LogP contribution < -0.4 is 5.32 Å². The summed E-state index contributed by atoms with van der Waals surface area (Å²) in [6.07, 6.45) is 3.49. The minimum atomic E-state index is -0.622. The highest BCUT2D eigenvalue weighted by molar-refractivity contribution is 5.92. The normalized spacial score (nSPS) is 14.4. The van der Waals surface area contributed by atoms with Crippen LogP contribution in [0, 0.1) is 5.82 Å². The molecule has 18 heavy (non-hydrogen) atoms. The Kier molecular flexibility index (Phi) is 5.04. The van der Waals surface area contributed by atoms with Crippen molar-refractivity contribution in [3.05, 3.63) is 41.7 Å². The summed E-state index contributed by atoms with van der Waals surface area (Å²) in [5, 5.41) is 11.9. The van der Waals surface area contributed by atoms with Crippen molar-refractivity contribution in [3.8, 4) is 0 Å². The Hall–Kier alpha value is -1.68. The van der Waals surface area contributed by atoms with Crippen molar-refractivity contribution >= 4 is 12.0 Å². The quantitative estimate of drug-likeness (QED) is 0.787. The van der Waals surface area contributed by atoms with Gasteiger partial charge in [0.25, 0.3) is 0 Å². The highest BCUT2D eigenvalue weighted by Gasteiger charge is 2.21. The van der Waals surface area contributed by atoms with Crippen LogP contribution in [0.15, 0.2) is 30.3 Å². The molecule has 1 rings (SSSR count). The van der Waals surface area contributed by atoms with Crippen LogP contribution in [0.4, 0.5) is 4.39 Å². The van der Waals surface area contributed by atoms with Gasteiger partial charge in [-0.2, -0.15) is 0 Å². The van der Waals surface area contributed by atoms with Gasteiger partial charge in [0.2, 0.25) is 5.91 Å². The Morgan fingerprint density at radius 1 is 1.56 bits per heavy atom. The molecule has 1 atom stereocenters. The minimum absolute atomic E-state index is 0.122. The van der Waals surface area contributed by atoms with Gasteiger partial charge in [0.1, 0.15) is 5.82 Å². The van der Waals surface area contributed by atoms with Gasteiger partial charge in [-0.05, 0) is 37.1 Å². The van der Waals surface area contributed by atoms with E-state index in [0.717, 1.165) is 0 Å². The Morgan fingerprint density at radius 3 is 2.83 bits per heavy atom. The van der Waals surface area contributed by atoms with Gasteiger partial charge >= 0.3 is 0 Å². The first-order chi connectivity index (χ1) is 8.49. The summed E-state index contributed by atoms with van der Waals surface area (Å²) in [7, 11) is 0. The number of aliphatic hydroxyl groups excluding tert-OH is 1. The molecular weight excluding hydrogens is 233 g/mol. The molecule has 4 heteroatoms. The van der Waals surface area contributed by atoms with E-state index in [2.05, 4.69) is 5.32 Å². The average Bonchev–Trinajstić information content (AvgIpc) is 2.36. The largest absolute Gasteiger partial charge is 0.394 e. The maximum absolute atomic E-state index is 12.9. The van der Waals surface area contributed by atoms with Crippen LogP contribution in [-0.4, -0.2) is 23.2 Å². The molecule has 0 fully saturated rings. The van der Waals surface area contributed by atoms with Crippen molar-refractivity contribution in [1.82, 2.24) is 5.32 Å². The molecule has 1 aromatic carbocycles. The molecule has 0 saturated carbocycles. The molecule has 0 radical (unpaired) electrons. The van der Waals surface area contributed by atoms with Crippen LogP contribution in [0.25, 0.3) is 6.08 Å². The summed E-state index contributed by atoms with van der Waals surface area (Å²) < 4.78 is 12.9. The van der Waals surface area contributed by atoms with Gasteiger partial charge in [-0.15, -0.1) is 0 Å². The maximum Gasteiger partial charge on any atom is 0.244 e. The van der Waals surface area contributed by atoms with E-state index in [1.165, 1.54) is 24.3 Å². The van der Waals surface area contributed by atoms with E-state index in [1.54, 1.807) is 19.1 Å². The predicted octanol–water partition coefficient (Wildman–Crippen LogP) is 2.12. The fourth-order valence-corrected chi connectivity index (χ4v) is 1.36. The van der Waals surface area contributed by atoms with E-state index in [1.807, 2.05) is 6.92 Å². The van der Waals surface area contributed by atoms with E-state index in [-0.39, 0.29) is 18.3 Å². The first kappa shape index (κ1) is 14.4. The molecule has 3 nitrogen and oxygen atoms in total. The van der Waals surface area contributed by atoms with Crippen LogP contribution in [0.2, 0.25) is 0 Å². The summed E-state index contributed by atoms with van der Waals surface area (Å²) in [6.45, 7) is 3.52. The van der Waals surface area contributed by atoms with Crippen LogP contribution in [0.3, 0.4) is 0 Å². The molecule has 98 valence electrons. The zero-order valence-electron chi connectivity index (χ0n) is 10.6. The third-order valence-corrected chi connectivity index (χ3v) is 2.83. The van der Waals surface area contributed by atoms with Crippen LogP contribution in [-0.2, 0) is 4.79 Å². The number of nitrogens with one attached hydrogen (secondary N) is 1.